The van der Waals surface area contributed by atoms with Crippen molar-refractivity contribution in [3.63, 3.8) is 0 Å². The fraction of sp³-hybridized carbons (Fsp3) is 0.0800. The molecule has 0 amide bonds. The van der Waals surface area contributed by atoms with Crippen LogP contribution < -0.4 is 5.43 Å². The zero-order valence-electron chi connectivity index (χ0n) is 17.0. The molecule has 0 atom stereocenters. The van der Waals surface area contributed by atoms with Crippen LogP contribution in [-0.4, -0.2) is 28.7 Å². The number of carboxylic acid groups (broad SMARTS) is 1. The highest BCUT2D eigenvalue weighted by Crippen LogP contribution is 2.26. The van der Waals surface area contributed by atoms with Gasteiger partial charge >= 0.3 is 11.9 Å². The number of carbonyl (C=O) groups excluding carboxylic acids is 1. The van der Waals surface area contributed by atoms with Gasteiger partial charge in [0.1, 0.15) is 5.69 Å². The lowest BCUT2D eigenvalue weighted by Gasteiger charge is -2.18. The normalized spacial score (nSPS) is 10.8. The van der Waals surface area contributed by atoms with E-state index in [4.69, 9.17) is 16.3 Å². The highest BCUT2D eigenvalue weighted by molar-refractivity contribution is 6.31. The molecule has 32 heavy (non-hydrogen) atoms. The van der Waals surface area contributed by atoms with E-state index in [1.165, 1.54) is 7.11 Å². The molecule has 0 aliphatic rings. The molecule has 0 aliphatic carbocycles. The molecular formula is C25H18ClNO5. The molecule has 0 saturated carbocycles. The molecular weight excluding hydrogens is 430 g/mol. The number of methoxy groups -OCH3 is 1. The summed E-state index contributed by atoms with van der Waals surface area (Å²) in [6.07, 6.45) is 0.0767. The van der Waals surface area contributed by atoms with Crippen LogP contribution in [0, 0.1) is 0 Å². The largest absolute Gasteiger partial charge is 0.477 e. The van der Waals surface area contributed by atoms with Gasteiger partial charge in [-0.15, -0.1) is 0 Å². The molecule has 0 bridgehead atoms. The third-order valence-electron chi connectivity index (χ3n) is 5.20. The number of aromatic nitrogens is 1. The molecule has 4 rings (SSSR count). The van der Waals surface area contributed by atoms with Gasteiger partial charge in [0.15, 0.2) is 5.43 Å². The van der Waals surface area contributed by atoms with Crippen LogP contribution in [-0.2, 0) is 11.2 Å². The third-order valence-corrected chi connectivity index (χ3v) is 5.44. The number of nitrogens with zero attached hydrogens (tertiary/aromatic N) is 1. The number of hydrogen-bond donors (Lipinski definition) is 1. The number of hydrogen-bond acceptors (Lipinski definition) is 4. The standard InChI is InChI=1S/C25H18ClNO5/c1-32-25(31)16-9-7-15(8-10-16)13-20-22(24(29)30)27(18-5-3-2-4-6-18)21-14-17(26)11-12-19(21)23(20)28/h2-12,14H,13H2,1H3,(H,29,30). The first-order valence-electron chi connectivity index (χ1n) is 9.74. The fourth-order valence-electron chi connectivity index (χ4n) is 3.72. The molecule has 0 radical (unpaired) electrons. The first-order chi connectivity index (χ1) is 15.4. The summed E-state index contributed by atoms with van der Waals surface area (Å²) in [5, 5.41) is 10.9. The quantitative estimate of drug-likeness (QED) is 0.447. The summed E-state index contributed by atoms with van der Waals surface area (Å²) in [5.74, 6) is -1.70. The van der Waals surface area contributed by atoms with E-state index in [2.05, 4.69) is 0 Å². The van der Waals surface area contributed by atoms with E-state index in [1.807, 2.05) is 6.07 Å². The van der Waals surface area contributed by atoms with Crippen LogP contribution in [0.4, 0.5) is 0 Å². The first kappa shape index (κ1) is 21.3. The SMILES string of the molecule is COC(=O)c1ccc(Cc2c(C(=O)O)n(-c3ccccc3)c3cc(Cl)ccc3c2=O)cc1. The maximum Gasteiger partial charge on any atom is 0.353 e. The van der Waals surface area contributed by atoms with E-state index in [9.17, 15) is 19.5 Å². The average Bonchev–Trinajstić information content (AvgIpc) is 2.80. The van der Waals surface area contributed by atoms with E-state index < -0.39 is 11.9 Å². The number of halogens is 1. The smallest absolute Gasteiger partial charge is 0.353 e. The molecule has 7 heteroatoms. The van der Waals surface area contributed by atoms with Crippen LogP contribution in [0.2, 0.25) is 5.02 Å². The highest BCUT2D eigenvalue weighted by atomic mass is 35.5. The van der Waals surface area contributed by atoms with Crippen molar-refractivity contribution in [2.24, 2.45) is 0 Å². The van der Waals surface area contributed by atoms with Crippen molar-refractivity contribution in [1.29, 1.82) is 0 Å². The Hall–Kier alpha value is -3.90. The second kappa shape index (κ2) is 8.69. The number of rotatable bonds is 5. The average molecular weight is 448 g/mol. The van der Waals surface area contributed by atoms with Gasteiger partial charge in [0.2, 0.25) is 0 Å². The number of fused-ring (bicyclic) bond motifs is 1. The summed E-state index contributed by atoms with van der Waals surface area (Å²) in [5.41, 5.74) is 1.69. The van der Waals surface area contributed by atoms with Crippen molar-refractivity contribution in [3.05, 3.63) is 110 Å². The number of carboxylic acids is 1. The maximum absolute atomic E-state index is 13.4. The second-order valence-corrected chi connectivity index (χ2v) is 7.60. The summed E-state index contributed by atoms with van der Waals surface area (Å²) in [6, 6.07) is 20.3. The molecule has 0 fully saturated rings. The van der Waals surface area contributed by atoms with Gasteiger partial charge in [0.05, 0.1) is 18.2 Å². The number of aromatic carboxylic acids is 1. The van der Waals surface area contributed by atoms with Gasteiger partial charge in [-0.1, -0.05) is 41.9 Å². The van der Waals surface area contributed by atoms with Crippen molar-refractivity contribution < 1.29 is 19.4 Å². The maximum atomic E-state index is 13.4. The van der Waals surface area contributed by atoms with E-state index in [0.29, 0.717) is 32.7 Å². The molecule has 0 aliphatic heterocycles. The number of para-hydroxylation sites is 1. The summed E-state index contributed by atoms with van der Waals surface area (Å²) in [7, 11) is 1.29. The lowest BCUT2D eigenvalue weighted by atomic mass is 9.98. The minimum absolute atomic E-state index is 0.0767. The predicted molar refractivity (Wildman–Crippen MR) is 122 cm³/mol. The Bertz CT molecular complexity index is 1390. The molecule has 1 heterocycles. The predicted octanol–water partition coefficient (Wildman–Crippen LogP) is 4.72. The zero-order valence-corrected chi connectivity index (χ0v) is 17.8. The Morgan fingerprint density at radius 2 is 1.69 bits per heavy atom. The zero-order chi connectivity index (χ0) is 22.8. The molecule has 1 N–H and O–H groups in total. The first-order valence-corrected chi connectivity index (χ1v) is 10.1. The minimum atomic E-state index is -1.23. The monoisotopic (exact) mass is 447 g/mol. The van der Waals surface area contributed by atoms with E-state index in [0.717, 1.165) is 0 Å². The van der Waals surface area contributed by atoms with Crippen LogP contribution in [0.25, 0.3) is 16.6 Å². The lowest BCUT2D eigenvalue weighted by Crippen LogP contribution is -2.23. The molecule has 0 saturated heterocycles. The summed E-state index contributed by atoms with van der Waals surface area (Å²) < 4.78 is 6.25. The van der Waals surface area contributed by atoms with Crippen LogP contribution >= 0.6 is 11.6 Å². The Kier molecular flexibility index (Phi) is 5.79. The number of esters is 1. The Morgan fingerprint density at radius 3 is 2.31 bits per heavy atom. The van der Waals surface area contributed by atoms with E-state index in [1.54, 1.807) is 71.3 Å². The lowest BCUT2D eigenvalue weighted by molar-refractivity contribution is 0.0599. The summed E-state index contributed by atoms with van der Waals surface area (Å²) in [6.45, 7) is 0. The molecule has 160 valence electrons. The van der Waals surface area contributed by atoms with Crippen LogP contribution in [0.3, 0.4) is 0 Å². The van der Waals surface area contributed by atoms with Crippen molar-refractivity contribution in [1.82, 2.24) is 4.57 Å². The number of ether oxygens (including phenoxy) is 1. The Labute approximate surface area is 188 Å². The summed E-state index contributed by atoms with van der Waals surface area (Å²) in [4.78, 5) is 37.5. The van der Waals surface area contributed by atoms with Gasteiger partial charge in [-0.05, 0) is 48.0 Å². The van der Waals surface area contributed by atoms with Crippen molar-refractivity contribution in [2.75, 3.05) is 7.11 Å². The van der Waals surface area contributed by atoms with Crippen LogP contribution in [0.5, 0.6) is 0 Å². The van der Waals surface area contributed by atoms with E-state index >= 15 is 0 Å². The van der Waals surface area contributed by atoms with Crippen LogP contribution in [0.1, 0.15) is 32.0 Å². The highest BCUT2D eigenvalue weighted by Gasteiger charge is 2.23. The molecule has 6 nitrogen and oxygen atoms in total. The topological polar surface area (TPSA) is 85.6 Å². The third kappa shape index (κ3) is 3.88. The van der Waals surface area contributed by atoms with Crippen molar-refractivity contribution >= 4 is 34.4 Å². The number of pyridine rings is 1. The molecule has 4 aromatic rings. The minimum Gasteiger partial charge on any atom is -0.477 e. The Morgan fingerprint density at radius 1 is 1.00 bits per heavy atom. The molecule has 0 unspecified atom stereocenters. The van der Waals surface area contributed by atoms with Crippen LogP contribution in [0.15, 0.2) is 77.6 Å². The van der Waals surface area contributed by atoms with Crippen molar-refractivity contribution in [3.8, 4) is 5.69 Å². The van der Waals surface area contributed by atoms with Gasteiger partial charge in [-0.25, -0.2) is 9.59 Å². The van der Waals surface area contributed by atoms with Gasteiger partial charge in [0, 0.05) is 28.1 Å². The fourth-order valence-corrected chi connectivity index (χ4v) is 3.89. The molecule has 0 spiro atoms. The number of carbonyl (C=O) groups is 2. The number of benzene rings is 3. The second-order valence-electron chi connectivity index (χ2n) is 7.16. The Balaban J connectivity index is 1.98. The van der Waals surface area contributed by atoms with Crippen molar-refractivity contribution in [2.45, 2.75) is 6.42 Å². The summed E-state index contributed by atoms with van der Waals surface area (Å²) >= 11 is 6.18. The van der Waals surface area contributed by atoms with Gasteiger partial charge in [-0.2, -0.15) is 0 Å². The molecule has 3 aromatic carbocycles. The van der Waals surface area contributed by atoms with Gasteiger partial charge in [-0.3, -0.25) is 4.79 Å². The van der Waals surface area contributed by atoms with Gasteiger partial charge in [0.25, 0.3) is 0 Å². The molecule has 1 aromatic heterocycles. The van der Waals surface area contributed by atoms with E-state index in [-0.39, 0.29) is 23.1 Å². The van der Waals surface area contributed by atoms with Gasteiger partial charge < -0.3 is 14.4 Å².